The highest BCUT2D eigenvalue weighted by Crippen LogP contribution is 2.30. The molecular weight excluding hydrogens is 294 g/mol. The lowest BCUT2D eigenvalue weighted by molar-refractivity contribution is 0.00646. The Labute approximate surface area is 147 Å². The molecule has 2 heteroatoms. The third-order valence-corrected chi connectivity index (χ3v) is 5.06. The molecule has 2 rings (SSSR count). The molecule has 0 saturated heterocycles. The van der Waals surface area contributed by atoms with E-state index in [4.69, 9.17) is 10.00 Å². The van der Waals surface area contributed by atoms with E-state index in [1.165, 1.54) is 62.5 Å². The highest BCUT2D eigenvalue weighted by molar-refractivity contribution is 5.22. The molecule has 0 atom stereocenters. The van der Waals surface area contributed by atoms with E-state index >= 15 is 0 Å². The van der Waals surface area contributed by atoms with E-state index in [-0.39, 0.29) is 0 Å². The van der Waals surface area contributed by atoms with Crippen LogP contribution in [0.3, 0.4) is 0 Å². The molecule has 24 heavy (non-hydrogen) atoms. The Kier molecular flexibility index (Phi) is 8.63. The third-order valence-electron chi connectivity index (χ3n) is 5.06. The van der Waals surface area contributed by atoms with Gasteiger partial charge >= 0.3 is 0 Å². The Morgan fingerprint density at radius 1 is 1.12 bits per heavy atom. The number of benzene rings is 1. The average Bonchev–Trinajstić information content (AvgIpc) is 2.64. The van der Waals surface area contributed by atoms with Crippen LogP contribution in [0.5, 0.6) is 0 Å². The van der Waals surface area contributed by atoms with Gasteiger partial charge in [-0.15, -0.1) is 0 Å². The minimum absolute atomic E-state index is 0.427. The van der Waals surface area contributed by atoms with Crippen LogP contribution in [-0.2, 0) is 17.8 Å². The number of nitrogens with zero attached hydrogens (tertiary/aromatic N) is 1. The second-order valence-electron chi connectivity index (χ2n) is 6.98. The number of aryl methyl sites for hydroxylation is 1. The lowest BCUT2D eigenvalue weighted by Gasteiger charge is -2.28. The molecule has 0 amide bonds. The lowest BCUT2D eigenvalue weighted by Crippen LogP contribution is -2.21. The van der Waals surface area contributed by atoms with Gasteiger partial charge in [0, 0.05) is 6.08 Å². The first-order valence-corrected chi connectivity index (χ1v) is 9.56. The summed E-state index contributed by atoms with van der Waals surface area (Å²) in [6, 6.07) is 11.0. The molecule has 1 aromatic rings. The summed E-state index contributed by atoms with van der Waals surface area (Å²) < 4.78 is 6.12. The number of hydrogen-bond acceptors (Lipinski definition) is 2. The quantitative estimate of drug-likeness (QED) is 0.524. The molecule has 1 aliphatic carbocycles. The summed E-state index contributed by atoms with van der Waals surface area (Å²) in [7, 11) is 0. The van der Waals surface area contributed by atoms with Crippen molar-refractivity contribution < 1.29 is 4.74 Å². The fraction of sp³-hybridized carbons (Fsp3) is 0.591. The van der Waals surface area contributed by atoms with Crippen LogP contribution >= 0.6 is 0 Å². The van der Waals surface area contributed by atoms with Crippen LogP contribution in [0.15, 0.2) is 36.4 Å². The monoisotopic (exact) mass is 325 g/mol. The molecule has 1 aliphatic rings. The van der Waals surface area contributed by atoms with E-state index in [1.54, 1.807) is 6.08 Å². The van der Waals surface area contributed by atoms with Crippen molar-refractivity contribution in [2.75, 3.05) is 0 Å². The second kappa shape index (κ2) is 11.0. The number of allylic oxidation sites excluding steroid dienone is 2. The Hall–Kier alpha value is -1.59. The largest absolute Gasteiger partial charge is 0.374 e. The van der Waals surface area contributed by atoms with Crippen molar-refractivity contribution in [3.63, 3.8) is 0 Å². The van der Waals surface area contributed by atoms with Crippen LogP contribution in [0.4, 0.5) is 0 Å². The number of unbranched alkanes of at least 4 members (excludes halogenated alkanes) is 1. The molecule has 1 fully saturated rings. The smallest absolute Gasteiger partial charge is 0.0908 e. The van der Waals surface area contributed by atoms with Gasteiger partial charge in [-0.3, -0.25) is 0 Å². The van der Waals surface area contributed by atoms with Gasteiger partial charge in [0.2, 0.25) is 0 Å². The zero-order chi connectivity index (χ0) is 17.0. The van der Waals surface area contributed by atoms with E-state index in [0.717, 1.165) is 18.9 Å². The molecule has 0 heterocycles. The summed E-state index contributed by atoms with van der Waals surface area (Å²) in [5.74, 6) is 0.811. The summed E-state index contributed by atoms with van der Waals surface area (Å²) >= 11 is 0. The fourth-order valence-corrected chi connectivity index (χ4v) is 3.45. The van der Waals surface area contributed by atoms with Crippen molar-refractivity contribution in [1.29, 1.82) is 5.26 Å². The van der Waals surface area contributed by atoms with Gasteiger partial charge in [-0.2, -0.15) is 5.26 Å². The molecule has 1 saturated carbocycles. The van der Waals surface area contributed by atoms with Gasteiger partial charge in [-0.1, -0.05) is 43.7 Å². The molecule has 0 aliphatic heterocycles. The van der Waals surface area contributed by atoms with Crippen LogP contribution in [0.1, 0.15) is 69.4 Å². The summed E-state index contributed by atoms with van der Waals surface area (Å²) in [6.07, 6.45) is 14.9. The van der Waals surface area contributed by atoms with Gasteiger partial charge in [-0.05, 0) is 68.4 Å². The molecule has 1 aromatic carbocycles. The summed E-state index contributed by atoms with van der Waals surface area (Å²) in [4.78, 5) is 0. The fourth-order valence-electron chi connectivity index (χ4n) is 3.45. The molecule has 2 nitrogen and oxygen atoms in total. The Bertz CT molecular complexity index is 518. The molecule has 0 N–H and O–H groups in total. The molecule has 0 spiro atoms. The van der Waals surface area contributed by atoms with E-state index in [2.05, 4.69) is 37.3 Å². The van der Waals surface area contributed by atoms with Crippen LogP contribution in [-0.4, -0.2) is 6.10 Å². The lowest BCUT2D eigenvalue weighted by atomic mass is 9.84. The van der Waals surface area contributed by atoms with E-state index in [1.807, 2.05) is 6.08 Å². The number of nitriles is 1. The predicted octanol–water partition coefficient (Wildman–Crippen LogP) is 5.96. The van der Waals surface area contributed by atoms with Crippen LogP contribution in [0.2, 0.25) is 0 Å². The topological polar surface area (TPSA) is 33.0 Å². The molecule has 0 aromatic heterocycles. The van der Waals surface area contributed by atoms with Crippen molar-refractivity contribution in [2.24, 2.45) is 5.92 Å². The average molecular weight is 325 g/mol. The summed E-state index contributed by atoms with van der Waals surface area (Å²) in [5, 5.41) is 8.49. The van der Waals surface area contributed by atoms with E-state index in [9.17, 15) is 0 Å². The zero-order valence-electron chi connectivity index (χ0n) is 15.0. The predicted molar refractivity (Wildman–Crippen MR) is 99.6 cm³/mol. The standard InChI is InChI=1S/C22H31NO/c1-2-3-7-19-9-11-21(12-10-19)18-24-22-15-13-20(14-16-22)8-5-4-6-17-23/h4,6,9-12,20,22H,2-3,5,7-8,13-16,18H2,1H3. The SMILES string of the molecule is CCCCc1ccc(COC2CCC(CCC=CC#N)CC2)cc1. The maximum atomic E-state index is 8.49. The zero-order valence-corrected chi connectivity index (χ0v) is 15.0. The first-order valence-electron chi connectivity index (χ1n) is 9.56. The second-order valence-corrected chi connectivity index (χ2v) is 6.98. The highest BCUT2D eigenvalue weighted by atomic mass is 16.5. The van der Waals surface area contributed by atoms with Crippen LogP contribution in [0, 0.1) is 17.2 Å². The Morgan fingerprint density at radius 2 is 1.83 bits per heavy atom. The third kappa shape index (κ3) is 6.89. The minimum atomic E-state index is 0.427. The van der Waals surface area contributed by atoms with Crippen molar-refractivity contribution in [1.82, 2.24) is 0 Å². The first kappa shape index (κ1) is 18.7. The Balaban J connectivity index is 1.63. The summed E-state index contributed by atoms with van der Waals surface area (Å²) in [6.45, 7) is 2.98. The highest BCUT2D eigenvalue weighted by Gasteiger charge is 2.21. The van der Waals surface area contributed by atoms with Crippen molar-refractivity contribution in [3.05, 3.63) is 47.5 Å². The number of ether oxygens (including phenoxy) is 1. The van der Waals surface area contributed by atoms with Gasteiger partial charge in [0.05, 0.1) is 18.8 Å². The van der Waals surface area contributed by atoms with Gasteiger partial charge in [-0.25, -0.2) is 0 Å². The number of hydrogen-bond donors (Lipinski definition) is 0. The maximum Gasteiger partial charge on any atom is 0.0908 e. The molecule has 0 bridgehead atoms. The molecule has 0 radical (unpaired) electrons. The molecule has 0 unspecified atom stereocenters. The minimum Gasteiger partial charge on any atom is -0.374 e. The number of rotatable bonds is 9. The van der Waals surface area contributed by atoms with E-state index in [0.29, 0.717) is 6.10 Å². The molecular formula is C22H31NO. The normalized spacial score (nSPS) is 21.0. The Morgan fingerprint density at radius 3 is 2.50 bits per heavy atom. The van der Waals surface area contributed by atoms with Gasteiger partial charge in [0.15, 0.2) is 0 Å². The van der Waals surface area contributed by atoms with Gasteiger partial charge in [0.25, 0.3) is 0 Å². The summed E-state index contributed by atoms with van der Waals surface area (Å²) in [5.41, 5.74) is 2.73. The van der Waals surface area contributed by atoms with Crippen molar-refractivity contribution in [3.8, 4) is 6.07 Å². The molecule has 130 valence electrons. The van der Waals surface area contributed by atoms with Gasteiger partial charge in [0.1, 0.15) is 0 Å². The van der Waals surface area contributed by atoms with Crippen molar-refractivity contribution >= 4 is 0 Å². The van der Waals surface area contributed by atoms with Gasteiger partial charge < -0.3 is 4.74 Å². The van der Waals surface area contributed by atoms with Crippen molar-refractivity contribution in [2.45, 2.75) is 77.4 Å². The first-order chi connectivity index (χ1) is 11.8. The van der Waals surface area contributed by atoms with Crippen LogP contribution in [0.25, 0.3) is 0 Å². The van der Waals surface area contributed by atoms with E-state index < -0.39 is 0 Å². The maximum absolute atomic E-state index is 8.49. The van der Waals surface area contributed by atoms with Crippen LogP contribution < -0.4 is 0 Å².